The third-order valence-corrected chi connectivity index (χ3v) is 15.3. The van der Waals surface area contributed by atoms with E-state index in [0.29, 0.717) is 24.1 Å². The summed E-state index contributed by atoms with van der Waals surface area (Å²) >= 11 is 0. The SMILES string of the molecule is CCCCCc1cc([C@H]2Cc3cccc(c3)[C@]3(CC[C@@H]4C=c5ccccc5=C[C@@H]4C3)[C@@H](C(=O)O)[C@H](CO)/C=C/C[C@H]2CCCCC[C@H](C=O)[C@@H]2C=C(CCN)CC2)ccc1O. The Morgan fingerprint density at radius 3 is 2.49 bits per heavy atom. The lowest BCUT2D eigenvalue weighted by molar-refractivity contribution is -0.148. The molecule has 0 aliphatic heterocycles. The highest BCUT2D eigenvalue weighted by Crippen LogP contribution is 2.53. The minimum absolute atomic E-state index is 0.0589. The molecular weight excluding hydrogens is 755 g/mol. The smallest absolute Gasteiger partial charge is 0.308 e. The minimum atomic E-state index is -0.837. The second-order valence-corrected chi connectivity index (χ2v) is 19.1. The average molecular weight is 826 g/mol. The molecule has 2 bridgehead atoms. The van der Waals surface area contributed by atoms with Gasteiger partial charge in [0.2, 0.25) is 0 Å². The van der Waals surface area contributed by atoms with Gasteiger partial charge in [0.25, 0.3) is 0 Å². The molecule has 1 saturated carbocycles. The lowest BCUT2D eigenvalue weighted by Gasteiger charge is -2.49. The summed E-state index contributed by atoms with van der Waals surface area (Å²) in [6.45, 7) is 2.64. The molecule has 0 heterocycles. The maximum atomic E-state index is 13.7. The summed E-state index contributed by atoms with van der Waals surface area (Å²) < 4.78 is 0. The van der Waals surface area contributed by atoms with Crippen molar-refractivity contribution >= 4 is 24.4 Å². The first-order valence-electron chi connectivity index (χ1n) is 23.8. The molecule has 5 N–H and O–H groups in total. The van der Waals surface area contributed by atoms with Gasteiger partial charge in [0, 0.05) is 17.3 Å². The minimum Gasteiger partial charge on any atom is -0.508 e. The number of carbonyl (C=O) groups is 2. The zero-order valence-corrected chi connectivity index (χ0v) is 36.6. The molecule has 0 unspecified atom stereocenters. The van der Waals surface area contributed by atoms with Crippen LogP contribution in [0.2, 0.25) is 0 Å². The Hall–Kier alpha value is -4.26. The number of rotatable bonds is 17. The number of fused-ring (bicyclic) bond motifs is 5. The number of aldehydes is 1. The summed E-state index contributed by atoms with van der Waals surface area (Å²) in [5, 5.41) is 35.9. The van der Waals surface area contributed by atoms with Gasteiger partial charge in [0.05, 0.1) is 12.5 Å². The molecule has 9 atom stereocenters. The van der Waals surface area contributed by atoms with Gasteiger partial charge in [0.15, 0.2) is 0 Å². The van der Waals surface area contributed by atoms with Gasteiger partial charge >= 0.3 is 5.97 Å². The van der Waals surface area contributed by atoms with Gasteiger partial charge < -0.3 is 25.8 Å². The number of aliphatic carboxylic acids is 1. The van der Waals surface area contributed by atoms with Crippen molar-refractivity contribution in [3.05, 3.63) is 123 Å². The highest BCUT2D eigenvalue weighted by Gasteiger charge is 2.51. The van der Waals surface area contributed by atoms with Gasteiger partial charge in [-0.05, 0) is 152 Å². The number of aliphatic hydroxyl groups is 1. The second kappa shape index (κ2) is 21.2. The Kier molecular flexibility index (Phi) is 15.6. The highest BCUT2D eigenvalue weighted by molar-refractivity contribution is 5.74. The number of aromatic hydroxyl groups is 1. The third kappa shape index (κ3) is 10.5. The maximum absolute atomic E-state index is 13.7. The lowest BCUT2D eigenvalue weighted by atomic mass is 9.54. The molecule has 7 rings (SSSR count). The van der Waals surface area contributed by atoms with E-state index in [9.17, 15) is 24.9 Å². The first-order chi connectivity index (χ1) is 29.8. The fourth-order valence-corrected chi connectivity index (χ4v) is 12.0. The number of carbonyl (C=O) groups excluding carboxylic acids is 1. The number of aryl methyl sites for hydroxylation is 1. The van der Waals surface area contributed by atoms with Crippen LogP contribution >= 0.6 is 0 Å². The van der Waals surface area contributed by atoms with Crippen LogP contribution in [-0.2, 0) is 27.8 Å². The molecule has 0 saturated heterocycles. The molecular formula is C55H71NO5. The molecule has 326 valence electrons. The Morgan fingerprint density at radius 2 is 1.74 bits per heavy atom. The molecule has 6 nitrogen and oxygen atoms in total. The van der Waals surface area contributed by atoms with Crippen molar-refractivity contribution in [2.24, 2.45) is 47.2 Å². The van der Waals surface area contributed by atoms with Crippen molar-refractivity contribution in [2.75, 3.05) is 13.2 Å². The molecule has 3 aromatic carbocycles. The first-order valence-corrected chi connectivity index (χ1v) is 23.8. The Balaban J connectivity index is 1.21. The van der Waals surface area contributed by atoms with Crippen molar-refractivity contribution in [2.45, 2.75) is 127 Å². The van der Waals surface area contributed by atoms with Crippen LogP contribution < -0.4 is 16.2 Å². The number of hydrogen-bond acceptors (Lipinski definition) is 5. The van der Waals surface area contributed by atoms with E-state index in [0.717, 1.165) is 120 Å². The van der Waals surface area contributed by atoms with Gasteiger partial charge in [-0.15, -0.1) is 0 Å². The molecule has 1 fully saturated rings. The number of aliphatic hydroxyl groups excluding tert-OH is 1. The lowest BCUT2D eigenvalue weighted by Crippen LogP contribution is -2.50. The van der Waals surface area contributed by atoms with Crippen molar-refractivity contribution < 1.29 is 24.9 Å². The Bertz CT molecular complexity index is 2140. The number of allylic oxidation sites excluding steroid dienone is 2. The van der Waals surface area contributed by atoms with Crippen LogP contribution in [0.5, 0.6) is 5.75 Å². The van der Waals surface area contributed by atoms with Crippen LogP contribution in [0.25, 0.3) is 12.2 Å². The van der Waals surface area contributed by atoms with E-state index < -0.39 is 23.2 Å². The number of benzene rings is 3. The van der Waals surface area contributed by atoms with Gasteiger partial charge in [-0.25, -0.2) is 0 Å². The predicted molar refractivity (Wildman–Crippen MR) is 247 cm³/mol. The van der Waals surface area contributed by atoms with Crippen molar-refractivity contribution in [1.29, 1.82) is 0 Å². The van der Waals surface area contributed by atoms with Gasteiger partial charge in [-0.2, -0.15) is 0 Å². The summed E-state index contributed by atoms with van der Waals surface area (Å²) in [4.78, 5) is 26.0. The standard InChI is InChI=1S/C55H71NO5/c1-2-3-5-16-46-34-45(23-24-52(46)59)51-31-39-12-10-20-50(30-39)55(27-25-44-32-41-14-8-9-15-42(41)33-49(44)35-55)53(54(60)61)48(37-58)19-11-18-40(51)13-6-4-7-17-47(36-57)43-22-21-38(29-43)26-28-56/h8-12,14-15,19-20,23-24,29-30,32-34,36,40,43-44,47-49,51,53,58-59H,2-7,13,16-18,21-22,25-28,31,35,37,56H2,1H3,(H,60,61)/b19-11+/t40-,43+,44-,47-,48+,49-,51+,53-,55-/m1/s1. The predicted octanol–water partition coefficient (Wildman–Crippen LogP) is 9.72. The fourth-order valence-electron chi connectivity index (χ4n) is 12.0. The summed E-state index contributed by atoms with van der Waals surface area (Å²) in [6.07, 6.45) is 28.6. The number of nitrogens with two attached hydrogens (primary N) is 1. The molecule has 6 heteroatoms. The van der Waals surface area contributed by atoms with Gasteiger partial charge in [-0.1, -0.05) is 136 Å². The van der Waals surface area contributed by atoms with Crippen LogP contribution in [0, 0.1) is 41.4 Å². The van der Waals surface area contributed by atoms with Crippen LogP contribution in [-0.4, -0.2) is 40.7 Å². The molecule has 61 heavy (non-hydrogen) atoms. The van der Waals surface area contributed by atoms with Crippen LogP contribution in [0.3, 0.4) is 0 Å². The Labute approximate surface area is 364 Å². The summed E-state index contributed by atoms with van der Waals surface area (Å²) in [5.41, 5.74) is 11.1. The fraction of sp³-hybridized carbons (Fsp3) is 0.527. The molecule has 4 aliphatic rings. The summed E-state index contributed by atoms with van der Waals surface area (Å²) in [6, 6.07) is 23.7. The van der Waals surface area contributed by atoms with Crippen molar-refractivity contribution in [3.8, 4) is 5.75 Å². The number of phenols is 1. The molecule has 0 radical (unpaired) electrons. The molecule has 1 spiro atoms. The summed E-state index contributed by atoms with van der Waals surface area (Å²) in [7, 11) is 0. The van der Waals surface area contributed by atoms with Gasteiger partial charge in [0.1, 0.15) is 12.0 Å². The van der Waals surface area contributed by atoms with Crippen molar-refractivity contribution in [3.63, 3.8) is 0 Å². The first kappa shape index (κ1) is 44.8. The molecule has 0 aromatic heterocycles. The molecule has 0 amide bonds. The number of carboxylic acids is 1. The van der Waals surface area contributed by atoms with E-state index in [-0.39, 0.29) is 30.3 Å². The van der Waals surface area contributed by atoms with E-state index in [1.807, 2.05) is 12.1 Å². The quantitative estimate of drug-likeness (QED) is 0.0612. The number of carboxylic acid groups (broad SMARTS) is 1. The third-order valence-electron chi connectivity index (χ3n) is 15.3. The normalized spacial score (nSPS) is 28.2. The zero-order valence-electron chi connectivity index (χ0n) is 36.6. The summed E-state index contributed by atoms with van der Waals surface area (Å²) in [5.74, 6) is -0.414. The monoisotopic (exact) mass is 826 g/mol. The molecule has 3 aromatic rings. The van der Waals surface area contributed by atoms with Crippen LogP contribution in [0.4, 0.5) is 0 Å². The van der Waals surface area contributed by atoms with E-state index in [2.05, 4.69) is 91.9 Å². The molecule has 4 aliphatic carbocycles. The second-order valence-electron chi connectivity index (χ2n) is 19.1. The topological polar surface area (TPSA) is 121 Å². The van der Waals surface area contributed by atoms with Crippen LogP contribution in [0.1, 0.15) is 131 Å². The van der Waals surface area contributed by atoms with Crippen molar-refractivity contribution in [1.82, 2.24) is 0 Å². The van der Waals surface area contributed by atoms with Gasteiger partial charge in [-0.3, -0.25) is 4.79 Å². The number of phenolic OH excluding ortho intramolecular Hbond substituents is 1. The van der Waals surface area contributed by atoms with E-state index >= 15 is 0 Å². The Morgan fingerprint density at radius 1 is 0.918 bits per heavy atom. The zero-order chi connectivity index (χ0) is 42.8. The number of hydrogen-bond donors (Lipinski definition) is 4. The number of unbranched alkanes of at least 4 members (excludes halogenated alkanes) is 4. The van der Waals surface area contributed by atoms with E-state index in [1.54, 1.807) is 0 Å². The largest absolute Gasteiger partial charge is 0.508 e. The van der Waals surface area contributed by atoms with Crippen LogP contribution in [0.15, 0.2) is 90.5 Å². The maximum Gasteiger partial charge on any atom is 0.308 e. The average Bonchev–Trinajstić information content (AvgIpc) is 3.73. The highest BCUT2D eigenvalue weighted by atomic mass is 16.4. The van der Waals surface area contributed by atoms with E-state index in [4.69, 9.17) is 5.73 Å². The van der Waals surface area contributed by atoms with E-state index in [1.165, 1.54) is 33.4 Å².